The van der Waals surface area contributed by atoms with Crippen LogP contribution >= 0.6 is 0 Å². The Morgan fingerprint density at radius 3 is 2.43 bits per heavy atom. The van der Waals surface area contributed by atoms with Crippen molar-refractivity contribution in [2.45, 2.75) is 39.7 Å². The average molecular weight is 199 g/mol. The molecule has 3 nitrogen and oxygen atoms in total. The fourth-order valence-electron chi connectivity index (χ4n) is 1.36. The molecule has 0 saturated heterocycles. The minimum atomic E-state index is -0.738. The number of likely N-dealkylation sites (N-methyl/N-ethyl adjacent to an activating group) is 1. The van der Waals surface area contributed by atoms with E-state index in [4.69, 9.17) is 5.11 Å². The summed E-state index contributed by atoms with van der Waals surface area (Å²) in [7, 11) is 0. The second kappa shape index (κ2) is 6.60. The van der Waals surface area contributed by atoms with E-state index in [1.54, 1.807) is 0 Å². The molecule has 0 aliphatic carbocycles. The van der Waals surface area contributed by atoms with Gasteiger partial charge in [0.05, 0.1) is 6.42 Å². The van der Waals surface area contributed by atoms with Gasteiger partial charge in [0.15, 0.2) is 0 Å². The molecule has 0 aliphatic rings. The van der Waals surface area contributed by atoms with Crippen LogP contribution in [0.25, 0.3) is 0 Å². The van der Waals surface area contributed by atoms with Gasteiger partial charge in [0.1, 0.15) is 0 Å². The summed E-state index contributed by atoms with van der Waals surface area (Å²) >= 11 is 0. The standard InChI is InChI=1S/C11H21NO2/c1-5-9(3)8-12(6-2)10(4)7-11(13)14/h10H,3,5-8H2,1-2,4H3,(H,13,14). The van der Waals surface area contributed by atoms with Crippen molar-refractivity contribution in [3.05, 3.63) is 12.2 Å². The number of nitrogens with zero attached hydrogens (tertiary/aromatic N) is 1. The number of rotatable bonds is 7. The van der Waals surface area contributed by atoms with E-state index in [1.807, 2.05) is 13.8 Å². The van der Waals surface area contributed by atoms with Crippen molar-refractivity contribution in [2.75, 3.05) is 13.1 Å². The molecule has 1 N–H and O–H groups in total. The molecule has 0 saturated carbocycles. The molecule has 0 rings (SSSR count). The van der Waals surface area contributed by atoms with Crippen LogP contribution in [0, 0.1) is 0 Å². The molecule has 0 fully saturated rings. The minimum Gasteiger partial charge on any atom is -0.481 e. The van der Waals surface area contributed by atoms with Crippen LogP contribution in [0.15, 0.2) is 12.2 Å². The van der Waals surface area contributed by atoms with E-state index in [0.717, 1.165) is 25.1 Å². The number of carboxylic acids is 1. The molecule has 0 spiro atoms. The lowest BCUT2D eigenvalue weighted by molar-refractivity contribution is -0.138. The molecule has 0 aromatic heterocycles. The number of carbonyl (C=O) groups is 1. The zero-order valence-corrected chi connectivity index (χ0v) is 9.42. The van der Waals surface area contributed by atoms with Gasteiger partial charge in [0.25, 0.3) is 0 Å². The van der Waals surface area contributed by atoms with Gasteiger partial charge in [0.2, 0.25) is 0 Å². The molecule has 82 valence electrons. The van der Waals surface area contributed by atoms with Gasteiger partial charge in [-0.1, -0.05) is 26.0 Å². The molecule has 1 unspecified atom stereocenters. The van der Waals surface area contributed by atoms with E-state index in [1.165, 1.54) is 0 Å². The largest absolute Gasteiger partial charge is 0.481 e. The third kappa shape index (κ3) is 5.02. The SMILES string of the molecule is C=C(CC)CN(CC)C(C)CC(=O)O. The highest BCUT2D eigenvalue weighted by Gasteiger charge is 2.15. The summed E-state index contributed by atoms with van der Waals surface area (Å²) in [5.41, 5.74) is 1.16. The lowest BCUT2D eigenvalue weighted by atomic mass is 10.1. The van der Waals surface area contributed by atoms with Gasteiger partial charge < -0.3 is 5.11 Å². The van der Waals surface area contributed by atoms with Crippen molar-refractivity contribution in [1.29, 1.82) is 0 Å². The summed E-state index contributed by atoms with van der Waals surface area (Å²) in [5, 5.41) is 8.67. The van der Waals surface area contributed by atoms with E-state index in [0.29, 0.717) is 0 Å². The van der Waals surface area contributed by atoms with Gasteiger partial charge in [0, 0.05) is 12.6 Å². The Morgan fingerprint density at radius 1 is 1.50 bits per heavy atom. The van der Waals surface area contributed by atoms with Crippen LogP contribution in [-0.2, 0) is 4.79 Å². The topological polar surface area (TPSA) is 40.5 Å². The molecule has 0 aromatic rings. The molecule has 0 heterocycles. The van der Waals surface area contributed by atoms with E-state index < -0.39 is 5.97 Å². The maximum absolute atomic E-state index is 10.5. The highest BCUT2D eigenvalue weighted by Crippen LogP contribution is 2.08. The fraction of sp³-hybridized carbons (Fsp3) is 0.727. The molecule has 0 aliphatic heterocycles. The first-order valence-corrected chi connectivity index (χ1v) is 5.13. The minimum absolute atomic E-state index is 0.0841. The summed E-state index contributed by atoms with van der Waals surface area (Å²) in [5.74, 6) is -0.738. The van der Waals surface area contributed by atoms with Crippen LogP contribution in [0.3, 0.4) is 0 Å². The number of carboxylic acid groups (broad SMARTS) is 1. The highest BCUT2D eigenvalue weighted by molar-refractivity contribution is 5.67. The van der Waals surface area contributed by atoms with E-state index in [9.17, 15) is 4.79 Å². The van der Waals surface area contributed by atoms with Crippen molar-refractivity contribution in [3.63, 3.8) is 0 Å². The van der Waals surface area contributed by atoms with Gasteiger partial charge in [-0.2, -0.15) is 0 Å². The van der Waals surface area contributed by atoms with Gasteiger partial charge in [-0.05, 0) is 19.9 Å². The van der Waals surface area contributed by atoms with Crippen molar-refractivity contribution in [1.82, 2.24) is 4.90 Å². The smallest absolute Gasteiger partial charge is 0.304 e. The second-order valence-electron chi connectivity index (χ2n) is 3.61. The van der Waals surface area contributed by atoms with Crippen molar-refractivity contribution < 1.29 is 9.90 Å². The predicted molar refractivity (Wildman–Crippen MR) is 58.4 cm³/mol. The molecule has 3 heteroatoms. The molecule has 0 radical (unpaired) electrons. The summed E-state index contributed by atoms with van der Waals surface area (Å²) in [4.78, 5) is 12.7. The van der Waals surface area contributed by atoms with Crippen molar-refractivity contribution in [2.24, 2.45) is 0 Å². The lowest BCUT2D eigenvalue weighted by Crippen LogP contribution is -2.35. The zero-order chi connectivity index (χ0) is 11.1. The summed E-state index contributed by atoms with van der Waals surface area (Å²) < 4.78 is 0. The molecular formula is C11H21NO2. The molecule has 14 heavy (non-hydrogen) atoms. The highest BCUT2D eigenvalue weighted by atomic mass is 16.4. The van der Waals surface area contributed by atoms with Crippen molar-refractivity contribution in [3.8, 4) is 0 Å². The molecule has 0 amide bonds. The van der Waals surface area contributed by atoms with Gasteiger partial charge in [-0.3, -0.25) is 9.69 Å². The van der Waals surface area contributed by atoms with Crippen LogP contribution in [-0.4, -0.2) is 35.1 Å². The van der Waals surface area contributed by atoms with Crippen LogP contribution in [0.4, 0.5) is 0 Å². The number of hydrogen-bond donors (Lipinski definition) is 1. The Hall–Kier alpha value is -0.830. The predicted octanol–water partition coefficient (Wildman–Crippen LogP) is 2.14. The summed E-state index contributed by atoms with van der Waals surface area (Å²) in [6, 6.07) is 0.0841. The Balaban J connectivity index is 4.11. The third-order valence-corrected chi connectivity index (χ3v) is 2.43. The summed E-state index contributed by atoms with van der Waals surface area (Å²) in [6.07, 6.45) is 1.15. The Kier molecular flexibility index (Phi) is 6.21. The zero-order valence-electron chi connectivity index (χ0n) is 9.42. The summed E-state index contributed by atoms with van der Waals surface area (Å²) in [6.45, 7) is 11.7. The molecular weight excluding hydrogens is 178 g/mol. The van der Waals surface area contributed by atoms with Gasteiger partial charge in [-0.15, -0.1) is 0 Å². The van der Waals surface area contributed by atoms with E-state index in [-0.39, 0.29) is 12.5 Å². The van der Waals surface area contributed by atoms with E-state index >= 15 is 0 Å². The van der Waals surface area contributed by atoms with Gasteiger partial charge in [-0.25, -0.2) is 0 Å². The van der Waals surface area contributed by atoms with Crippen molar-refractivity contribution >= 4 is 5.97 Å². The Bertz CT molecular complexity index is 201. The molecule has 0 bridgehead atoms. The van der Waals surface area contributed by atoms with Crippen LogP contribution in [0.5, 0.6) is 0 Å². The average Bonchev–Trinajstić information content (AvgIpc) is 2.12. The maximum atomic E-state index is 10.5. The first kappa shape index (κ1) is 13.2. The third-order valence-electron chi connectivity index (χ3n) is 2.43. The Labute approximate surface area is 86.4 Å². The van der Waals surface area contributed by atoms with E-state index in [2.05, 4.69) is 18.4 Å². The monoisotopic (exact) mass is 199 g/mol. The van der Waals surface area contributed by atoms with Crippen LogP contribution in [0.2, 0.25) is 0 Å². The van der Waals surface area contributed by atoms with Crippen LogP contribution < -0.4 is 0 Å². The number of hydrogen-bond acceptors (Lipinski definition) is 2. The fourth-order valence-corrected chi connectivity index (χ4v) is 1.36. The molecule has 0 aromatic carbocycles. The van der Waals surface area contributed by atoms with Gasteiger partial charge >= 0.3 is 5.97 Å². The first-order valence-electron chi connectivity index (χ1n) is 5.13. The maximum Gasteiger partial charge on any atom is 0.304 e. The first-order chi connectivity index (χ1) is 6.51. The normalized spacial score (nSPS) is 12.9. The lowest BCUT2D eigenvalue weighted by Gasteiger charge is -2.27. The second-order valence-corrected chi connectivity index (χ2v) is 3.61. The Morgan fingerprint density at radius 2 is 2.07 bits per heavy atom. The molecule has 1 atom stereocenters. The quantitative estimate of drug-likeness (QED) is 0.639. The number of aliphatic carboxylic acids is 1. The van der Waals surface area contributed by atoms with Crippen LogP contribution in [0.1, 0.15) is 33.6 Å².